The quantitative estimate of drug-likeness (QED) is 0.610. The summed E-state index contributed by atoms with van der Waals surface area (Å²) in [7, 11) is 0. The SMILES string of the molecule is CC(=O)C(C(=O)CC(C)C)C(C(C)=O)C(=O)CC(C)C. The van der Waals surface area contributed by atoms with E-state index in [4.69, 9.17) is 0 Å². The van der Waals surface area contributed by atoms with Crippen LogP contribution in [0.1, 0.15) is 54.4 Å². The second-order valence-electron chi connectivity index (χ2n) is 6.31. The van der Waals surface area contributed by atoms with E-state index in [0.29, 0.717) is 0 Å². The summed E-state index contributed by atoms with van der Waals surface area (Å²) in [5.74, 6) is -3.42. The summed E-state index contributed by atoms with van der Waals surface area (Å²) >= 11 is 0. The lowest BCUT2D eigenvalue weighted by Gasteiger charge is -2.22. The Hall–Kier alpha value is -1.32. The highest BCUT2D eigenvalue weighted by molar-refractivity contribution is 6.13. The molecule has 0 spiro atoms. The third-order valence-electron chi connectivity index (χ3n) is 3.12. The minimum atomic E-state index is -1.11. The molecule has 0 saturated carbocycles. The third-order valence-corrected chi connectivity index (χ3v) is 3.12. The summed E-state index contributed by atoms with van der Waals surface area (Å²) in [6, 6.07) is 0. The van der Waals surface area contributed by atoms with Gasteiger partial charge in [-0.15, -0.1) is 0 Å². The molecule has 4 nitrogen and oxygen atoms in total. The van der Waals surface area contributed by atoms with Crippen molar-refractivity contribution in [3.05, 3.63) is 0 Å². The molecule has 0 aliphatic heterocycles. The van der Waals surface area contributed by atoms with Crippen LogP contribution < -0.4 is 0 Å². The van der Waals surface area contributed by atoms with Crippen molar-refractivity contribution in [1.82, 2.24) is 0 Å². The van der Waals surface area contributed by atoms with E-state index in [1.807, 2.05) is 27.7 Å². The maximum absolute atomic E-state index is 12.2. The summed E-state index contributed by atoms with van der Waals surface area (Å²) in [6.07, 6.45) is 0.423. The molecule has 0 heterocycles. The van der Waals surface area contributed by atoms with Gasteiger partial charge in [0.2, 0.25) is 0 Å². The fraction of sp³-hybridized carbons (Fsp3) is 0.750. The second-order valence-corrected chi connectivity index (χ2v) is 6.31. The molecule has 20 heavy (non-hydrogen) atoms. The van der Waals surface area contributed by atoms with Crippen molar-refractivity contribution < 1.29 is 19.2 Å². The molecule has 4 heteroatoms. The molecular formula is C16H26O4. The zero-order valence-corrected chi connectivity index (χ0v) is 13.4. The van der Waals surface area contributed by atoms with Gasteiger partial charge in [0.15, 0.2) is 0 Å². The van der Waals surface area contributed by atoms with Gasteiger partial charge in [0.25, 0.3) is 0 Å². The molecule has 0 aliphatic carbocycles. The highest BCUT2D eigenvalue weighted by Crippen LogP contribution is 2.23. The standard InChI is InChI=1S/C16H26O4/c1-9(2)7-13(19)15(11(5)17)16(12(6)18)14(20)8-10(3)4/h9-10,15-16H,7-8H2,1-6H3. The number of carbonyl (C=O) groups is 4. The average Bonchev–Trinajstić information content (AvgIpc) is 2.21. The Labute approximate surface area is 121 Å². The van der Waals surface area contributed by atoms with Gasteiger partial charge in [0.05, 0.1) is 11.8 Å². The first-order chi connectivity index (χ1) is 9.07. The molecule has 2 unspecified atom stereocenters. The zero-order chi connectivity index (χ0) is 16.0. The molecule has 0 rings (SSSR count). The average molecular weight is 282 g/mol. The summed E-state index contributed by atoms with van der Waals surface area (Å²) in [5.41, 5.74) is 0. The molecule has 0 fully saturated rings. The first-order valence-electron chi connectivity index (χ1n) is 7.14. The largest absolute Gasteiger partial charge is 0.299 e. The van der Waals surface area contributed by atoms with Crippen molar-refractivity contribution in [2.45, 2.75) is 54.4 Å². The van der Waals surface area contributed by atoms with E-state index in [1.54, 1.807) is 0 Å². The number of rotatable bonds is 9. The lowest BCUT2D eigenvalue weighted by Crippen LogP contribution is -2.39. The maximum Gasteiger partial charge on any atom is 0.144 e. The Morgan fingerprint density at radius 3 is 1.05 bits per heavy atom. The summed E-state index contributed by atoms with van der Waals surface area (Å²) < 4.78 is 0. The third kappa shape index (κ3) is 5.76. The van der Waals surface area contributed by atoms with Crippen molar-refractivity contribution in [2.24, 2.45) is 23.7 Å². The number of carbonyl (C=O) groups excluding carboxylic acids is 4. The molecule has 0 saturated heterocycles. The normalized spacial score (nSPS) is 14.2. The molecule has 0 aromatic rings. The zero-order valence-electron chi connectivity index (χ0n) is 13.4. The van der Waals surface area contributed by atoms with Crippen LogP contribution in [-0.2, 0) is 19.2 Å². The van der Waals surface area contributed by atoms with Crippen LogP contribution in [0.3, 0.4) is 0 Å². The predicted molar refractivity (Wildman–Crippen MR) is 77.3 cm³/mol. The molecule has 0 N–H and O–H groups in total. The summed E-state index contributed by atoms with van der Waals surface area (Å²) in [5, 5.41) is 0. The van der Waals surface area contributed by atoms with E-state index < -0.39 is 23.4 Å². The van der Waals surface area contributed by atoms with E-state index in [0.717, 1.165) is 0 Å². The van der Waals surface area contributed by atoms with Crippen molar-refractivity contribution in [3.8, 4) is 0 Å². The smallest absolute Gasteiger partial charge is 0.144 e. The van der Waals surface area contributed by atoms with Crippen molar-refractivity contribution >= 4 is 23.1 Å². The van der Waals surface area contributed by atoms with Gasteiger partial charge in [-0.25, -0.2) is 0 Å². The predicted octanol–water partition coefficient (Wildman–Crippen LogP) is 2.63. The van der Waals surface area contributed by atoms with Crippen LogP contribution in [0.15, 0.2) is 0 Å². The Morgan fingerprint density at radius 1 is 0.650 bits per heavy atom. The first-order valence-corrected chi connectivity index (χ1v) is 7.14. The van der Waals surface area contributed by atoms with Crippen molar-refractivity contribution in [2.75, 3.05) is 0 Å². The molecule has 2 atom stereocenters. The Kier molecular flexibility index (Phi) is 7.54. The van der Waals surface area contributed by atoms with E-state index >= 15 is 0 Å². The Morgan fingerprint density at radius 2 is 0.900 bits per heavy atom. The van der Waals surface area contributed by atoms with Gasteiger partial charge in [0, 0.05) is 12.8 Å². The maximum atomic E-state index is 12.2. The molecule has 0 bridgehead atoms. The molecule has 0 radical (unpaired) electrons. The van der Waals surface area contributed by atoms with Crippen LogP contribution in [0.4, 0.5) is 0 Å². The van der Waals surface area contributed by atoms with Gasteiger partial charge in [0.1, 0.15) is 23.1 Å². The van der Waals surface area contributed by atoms with Crippen LogP contribution >= 0.6 is 0 Å². The molecule has 0 aromatic heterocycles. The lowest BCUT2D eigenvalue weighted by molar-refractivity contribution is -0.145. The van der Waals surface area contributed by atoms with Crippen LogP contribution in [0.25, 0.3) is 0 Å². The molecule has 0 aromatic carbocycles. The summed E-state index contributed by atoms with van der Waals surface area (Å²) in [6.45, 7) is 10.0. The topological polar surface area (TPSA) is 68.3 Å². The van der Waals surface area contributed by atoms with E-state index in [-0.39, 0.29) is 36.2 Å². The van der Waals surface area contributed by atoms with Crippen LogP contribution in [0.5, 0.6) is 0 Å². The molecule has 0 aliphatic rings. The lowest BCUT2D eigenvalue weighted by atomic mass is 9.77. The van der Waals surface area contributed by atoms with Gasteiger partial charge in [-0.2, -0.15) is 0 Å². The number of Topliss-reactive ketones (excluding diaryl/α,β-unsaturated/α-hetero) is 4. The monoisotopic (exact) mass is 282 g/mol. The Balaban J connectivity index is 5.36. The van der Waals surface area contributed by atoms with Gasteiger partial charge in [-0.05, 0) is 25.7 Å². The molecule has 114 valence electrons. The fourth-order valence-corrected chi connectivity index (χ4v) is 2.35. The minimum absolute atomic E-state index is 0.0946. The van der Waals surface area contributed by atoms with Gasteiger partial charge in [-0.3, -0.25) is 19.2 Å². The minimum Gasteiger partial charge on any atom is -0.299 e. The second kappa shape index (κ2) is 8.08. The summed E-state index contributed by atoms with van der Waals surface area (Å²) in [4.78, 5) is 48.0. The van der Waals surface area contributed by atoms with Crippen LogP contribution in [0, 0.1) is 23.7 Å². The number of hydrogen-bond acceptors (Lipinski definition) is 4. The molecular weight excluding hydrogens is 256 g/mol. The Bertz CT molecular complexity index is 355. The molecule has 0 amide bonds. The highest BCUT2D eigenvalue weighted by Gasteiger charge is 2.39. The number of ketones is 4. The van der Waals surface area contributed by atoms with E-state index in [1.165, 1.54) is 13.8 Å². The van der Waals surface area contributed by atoms with Crippen LogP contribution in [0.2, 0.25) is 0 Å². The number of hydrogen-bond donors (Lipinski definition) is 0. The van der Waals surface area contributed by atoms with E-state index in [2.05, 4.69) is 0 Å². The van der Waals surface area contributed by atoms with Crippen molar-refractivity contribution in [1.29, 1.82) is 0 Å². The first kappa shape index (κ1) is 18.7. The highest BCUT2D eigenvalue weighted by atomic mass is 16.2. The van der Waals surface area contributed by atoms with E-state index in [9.17, 15) is 19.2 Å². The van der Waals surface area contributed by atoms with Gasteiger partial charge >= 0.3 is 0 Å². The van der Waals surface area contributed by atoms with Gasteiger partial charge in [-0.1, -0.05) is 27.7 Å². The van der Waals surface area contributed by atoms with Gasteiger partial charge < -0.3 is 0 Å². The fourth-order valence-electron chi connectivity index (χ4n) is 2.35. The van der Waals surface area contributed by atoms with Crippen LogP contribution in [-0.4, -0.2) is 23.1 Å². The van der Waals surface area contributed by atoms with Crippen molar-refractivity contribution in [3.63, 3.8) is 0 Å².